The zero-order chi connectivity index (χ0) is 16.2. The zero-order valence-corrected chi connectivity index (χ0v) is 13.0. The Morgan fingerprint density at radius 1 is 1.05 bits per heavy atom. The molecule has 0 atom stereocenters. The van der Waals surface area contributed by atoms with Crippen molar-refractivity contribution in [2.45, 2.75) is 26.4 Å². The van der Waals surface area contributed by atoms with Gasteiger partial charge in [-0.1, -0.05) is 34.9 Å². The molecule has 2 aromatic rings. The highest BCUT2D eigenvalue weighted by Gasteiger charge is 2.30. The molecule has 1 amide bonds. The van der Waals surface area contributed by atoms with Crippen molar-refractivity contribution in [3.63, 3.8) is 0 Å². The molecule has 0 bridgehead atoms. The third-order valence-corrected chi connectivity index (χ3v) is 2.81. The number of hydrogen-bond donors (Lipinski definition) is 1. The van der Waals surface area contributed by atoms with Crippen LogP contribution >= 0.6 is 0 Å². The van der Waals surface area contributed by atoms with Gasteiger partial charge in [-0.15, -0.1) is 0 Å². The standard InChI is InChI=1S/C18H19NO3/c1-18(2,3)22-17(21)19(13-14-9-5-4-6-10-14)15-11-7-8-12-16(15)20/h4-13H,1-3H3/p+1. The second kappa shape index (κ2) is 6.43. The smallest absolute Gasteiger partial charge is 0.502 e. The number of ether oxygens (including phenoxy) is 1. The average molecular weight is 298 g/mol. The van der Waals surface area contributed by atoms with Crippen molar-refractivity contribution in [1.29, 1.82) is 0 Å². The Kier molecular flexibility index (Phi) is 4.61. The first-order chi connectivity index (χ1) is 10.4. The fourth-order valence-corrected chi connectivity index (χ4v) is 1.89. The van der Waals surface area contributed by atoms with Crippen LogP contribution in [0.3, 0.4) is 0 Å². The van der Waals surface area contributed by atoms with E-state index < -0.39 is 11.7 Å². The largest absolute Gasteiger partial charge is 0.603 e. The first-order valence-corrected chi connectivity index (χ1v) is 7.07. The molecule has 4 nitrogen and oxygen atoms in total. The third-order valence-electron chi connectivity index (χ3n) is 2.81. The summed E-state index contributed by atoms with van der Waals surface area (Å²) >= 11 is 0. The molecule has 0 heterocycles. The summed E-state index contributed by atoms with van der Waals surface area (Å²) in [5.74, 6) is 0.0144. The van der Waals surface area contributed by atoms with E-state index >= 15 is 0 Å². The van der Waals surface area contributed by atoms with E-state index in [1.165, 1.54) is 10.6 Å². The predicted molar refractivity (Wildman–Crippen MR) is 85.9 cm³/mol. The Labute approximate surface area is 130 Å². The number of carbonyl (C=O) groups excluding carboxylic acids is 1. The van der Waals surface area contributed by atoms with Crippen molar-refractivity contribution in [1.82, 2.24) is 0 Å². The molecule has 0 aliphatic carbocycles. The van der Waals surface area contributed by atoms with Crippen molar-refractivity contribution in [3.8, 4) is 5.75 Å². The summed E-state index contributed by atoms with van der Waals surface area (Å²) in [7, 11) is 0. The number of hydrogen-bond acceptors (Lipinski definition) is 3. The molecule has 2 aromatic carbocycles. The summed E-state index contributed by atoms with van der Waals surface area (Å²) in [4.78, 5) is 12.5. The molecule has 0 unspecified atom stereocenters. The molecule has 0 radical (unpaired) electrons. The number of phenols is 1. The number of amides is 1. The molecule has 22 heavy (non-hydrogen) atoms. The second-order valence-electron chi connectivity index (χ2n) is 5.88. The number of rotatable bonds is 2. The summed E-state index contributed by atoms with van der Waals surface area (Å²) in [5, 5.41) is 10.0. The molecule has 4 heteroatoms. The molecule has 1 N–H and O–H groups in total. The van der Waals surface area contributed by atoms with Crippen LogP contribution in [0.5, 0.6) is 5.75 Å². The highest BCUT2D eigenvalue weighted by Crippen LogP contribution is 2.26. The highest BCUT2D eigenvalue weighted by atomic mass is 16.6. The van der Waals surface area contributed by atoms with E-state index in [0.717, 1.165) is 5.56 Å². The van der Waals surface area contributed by atoms with Gasteiger partial charge in [-0.2, -0.15) is 4.79 Å². The van der Waals surface area contributed by atoms with E-state index in [2.05, 4.69) is 0 Å². The van der Waals surface area contributed by atoms with E-state index in [1.54, 1.807) is 45.2 Å². The number of carbonyl (C=O) groups is 1. The molecule has 0 aliphatic heterocycles. The summed E-state index contributed by atoms with van der Waals surface area (Å²) < 4.78 is 6.74. The lowest BCUT2D eigenvalue weighted by atomic mass is 10.2. The minimum atomic E-state index is -0.621. The molecule has 2 rings (SSSR count). The van der Waals surface area contributed by atoms with Crippen LogP contribution in [0.1, 0.15) is 26.3 Å². The van der Waals surface area contributed by atoms with E-state index in [1.807, 2.05) is 30.3 Å². The van der Waals surface area contributed by atoms with Crippen molar-refractivity contribution in [3.05, 3.63) is 60.2 Å². The third kappa shape index (κ3) is 4.19. The van der Waals surface area contributed by atoms with Crippen LogP contribution in [0.4, 0.5) is 10.5 Å². The van der Waals surface area contributed by atoms with Crippen LogP contribution in [0, 0.1) is 0 Å². The molecule has 114 valence electrons. The lowest BCUT2D eigenvalue weighted by Gasteiger charge is -2.16. The van der Waals surface area contributed by atoms with Gasteiger partial charge in [0.1, 0.15) is 5.60 Å². The molecule has 0 fully saturated rings. The molecule has 0 saturated heterocycles. The minimum absolute atomic E-state index is 0.0144. The van der Waals surface area contributed by atoms with Gasteiger partial charge in [0.2, 0.25) is 0 Å². The lowest BCUT2D eigenvalue weighted by Crippen LogP contribution is -2.29. The topological polar surface area (TPSA) is 49.5 Å². The van der Waals surface area contributed by atoms with Crippen LogP contribution in [0.25, 0.3) is 0 Å². The maximum absolute atomic E-state index is 12.5. The summed E-state index contributed by atoms with van der Waals surface area (Å²) in [5.41, 5.74) is 0.585. The minimum Gasteiger partial charge on any atom is -0.502 e. The molecular formula is C18H20NO3+. The SMILES string of the molecule is CC(C)(C)OC(=O)[N+](=Cc1ccccc1)c1ccccc1O. The fourth-order valence-electron chi connectivity index (χ4n) is 1.89. The molecule has 0 saturated carbocycles. The van der Waals surface area contributed by atoms with Gasteiger partial charge in [-0.3, -0.25) is 0 Å². The van der Waals surface area contributed by atoms with Gasteiger partial charge in [0.15, 0.2) is 12.0 Å². The molecule has 0 aliphatic rings. The number of benzene rings is 2. The van der Waals surface area contributed by atoms with Gasteiger partial charge in [0, 0.05) is 11.6 Å². The monoisotopic (exact) mass is 298 g/mol. The van der Waals surface area contributed by atoms with Crippen LogP contribution < -0.4 is 0 Å². The van der Waals surface area contributed by atoms with Crippen molar-refractivity contribution < 1.29 is 19.2 Å². The molecular weight excluding hydrogens is 278 g/mol. The first kappa shape index (κ1) is 15.8. The van der Waals surface area contributed by atoms with Crippen molar-refractivity contribution in [2.24, 2.45) is 0 Å². The molecule has 0 spiro atoms. The van der Waals surface area contributed by atoms with Gasteiger partial charge in [-0.25, -0.2) is 0 Å². The average Bonchev–Trinajstić information content (AvgIpc) is 2.45. The Morgan fingerprint density at radius 2 is 1.64 bits per heavy atom. The van der Waals surface area contributed by atoms with Crippen molar-refractivity contribution in [2.75, 3.05) is 0 Å². The van der Waals surface area contributed by atoms with E-state index in [0.29, 0.717) is 5.69 Å². The van der Waals surface area contributed by atoms with E-state index in [4.69, 9.17) is 4.74 Å². The van der Waals surface area contributed by atoms with Gasteiger partial charge in [0.05, 0.1) is 0 Å². The Hall–Kier alpha value is -2.62. The maximum Gasteiger partial charge on any atom is 0.603 e. The summed E-state index contributed by atoms with van der Waals surface area (Å²) in [6.45, 7) is 5.41. The van der Waals surface area contributed by atoms with E-state index in [-0.39, 0.29) is 5.75 Å². The van der Waals surface area contributed by atoms with Gasteiger partial charge in [0.25, 0.3) is 5.69 Å². The van der Waals surface area contributed by atoms with Gasteiger partial charge >= 0.3 is 6.09 Å². The van der Waals surface area contributed by atoms with Crippen LogP contribution in [-0.4, -0.2) is 27.6 Å². The van der Waals surface area contributed by atoms with E-state index in [9.17, 15) is 9.90 Å². The normalized spacial score (nSPS) is 12.0. The summed E-state index contributed by atoms with van der Waals surface area (Å²) in [6, 6.07) is 16.1. The summed E-state index contributed by atoms with van der Waals surface area (Å²) in [6.07, 6.45) is 1.10. The lowest BCUT2D eigenvalue weighted by molar-refractivity contribution is -0.359. The van der Waals surface area contributed by atoms with Gasteiger partial charge < -0.3 is 9.84 Å². The highest BCUT2D eigenvalue weighted by molar-refractivity contribution is 5.82. The predicted octanol–water partition coefficient (Wildman–Crippen LogP) is 4.09. The fraction of sp³-hybridized carbons (Fsp3) is 0.222. The van der Waals surface area contributed by atoms with Crippen LogP contribution in [0.2, 0.25) is 0 Å². The Morgan fingerprint density at radius 3 is 2.23 bits per heavy atom. The second-order valence-corrected chi connectivity index (χ2v) is 5.88. The number of aromatic hydroxyl groups is 1. The van der Waals surface area contributed by atoms with Crippen LogP contribution in [0.15, 0.2) is 54.6 Å². The number of nitrogens with zero attached hydrogens (tertiary/aromatic N) is 1. The maximum atomic E-state index is 12.5. The van der Waals surface area contributed by atoms with Crippen molar-refractivity contribution >= 4 is 18.0 Å². The molecule has 0 aromatic heterocycles. The van der Waals surface area contributed by atoms with Crippen LogP contribution in [-0.2, 0) is 4.74 Å². The Bertz CT molecular complexity index is 685. The Balaban J connectivity index is 2.48. The number of para-hydroxylation sites is 2. The first-order valence-electron chi connectivity index (χ1n) is 7.07. The zero-order valence-electron chi connectivity index (χ0n) is 13.0. The number of phenolic OH excluding ortho intramolecular Hbond substituents is 1. The quantitative estimate of drug-likeness (QED) is 0.671. The van der Waals surface area contributed by atoms with Gasteiger partial charge in [-0.05, 0) is 39.0 Å².